The second kappa shape index (κ2) is 3.38. The minimum absolute atomic E-state index is 0.0355. The van der Waals surface area contributed by atoms with Crippen molar-refractivity contribution in [1.29, 1.82) is 0 Å². The molecule has 0 aliphatic carbocycles. The van der Waals surface area contributed by atoms with Crippen molar-refractivity contribution < 1.29 is 24.6 Å². The predicted octanol–water partition coefficient (Wildman–Crippen LogP) is 0.775. The Hall–Kier alpha value is -1.03. The predicted molar refractivity (Wildman–Crippen MR) is 45.5 cm³/mol. The van der Waals surface area contributed by atoms with Gasteiger partial charge in [0.25, 0.3) is 0 Å². The standard InChI is InChI=1S/C7H9O5P/c8-6-3-1-2-5(7(6)9)4-13(10,11)12/h1-3,8-9H,4H2,(H2,10,11,12). The molecule has 5 nitrogen and oxygen atoms in total. The van der Waals surface area contributed by atoms with Crippen LogP contribution in [0.25, 0.3) is 0 Å². The number of hydrogen-bond acceptors (Lipinski definition) is 3. The maximum atomic E-state index is 10.6. The molecule has 0 spiro atoms. The summed E-state index contributed by atoms with van der Waals surface area (Å²) < 4.78 is 10.6. The van der Waals surface area contributed by atoms with Gasteiger partial charge >= 0.3 is 7.60 Å². The number of rotatable bonds is 2. The van der Waals surface area contributed by atoms with Gasteiger partial charge in [0, 0.05) is 5.56 Å². The first kappa shape index (κ1) is 10.1. The number of phenolic OH excluding ortho intramolecular Hbond substituents is 2. The number of para-hydroxylation sites is 1. The lowest BCUT2D eigenvalue weighted by Crippen LogP contribution is -1.87. The molecule has 0 saturated heterocycles. The third kappa shape index (κ3) is 2.73. The quantitative estimate of drug-likeness (QED) is 0.421. The van der Waals surface area contributed by atoms with Gasteiger partial charge in [0.2, 0.25) is 0 Å². The Morgan fingerprint density at radius 1 is 1.23 bits per heavy atom. The average molecular weight is 204 g/mol. The first-order valence-electron chi connectivity index (χ1n) is 3.44. The Morgan fingerprint density at radius 2 is 1.85 bits per heavy atom. The van der Waals surface area contributed by atoms with Crippen molar-refractivity contribution in [3.63, 3.8) is 0 Å². The van der Waals surface area contributed by atoms with Crippen LogP contribution in [0.1, 0.15) is 5.56 Å². The summed E-state index contributed by atoms with van der Waals surface area (Å²) in [5, 5.41) is 18.2. The summed E-state index contributed by atoms with van der Waals surface area (Å²) in [4.78, 5) is 17.2. The third-order valence-electron chi connectivity index (χ3n) is 1.47. The Morgan fingerprint density at radius 3 is 2.38 bits per heavy atom. The summed E-state index contributed by atoms with van der Waals surface area (Å²) in [6.07, 6.45) is -0.576. The molecule has 0 bridgehead atoms. The monoisotopic (exact) mass is 204 g/mol. The zero-order valence-corrected chi connectivity index (χ0v) is 7.48. The van der Waals surface area contributed by atoms with Crippen LogP contribution in [-0.4, -0.2) is 20.0 Å². The second-order valence-electron chi connectivity index (χ2n) is 2.61. The Balaban J connectivity index is 3.03. The number of phenols is 2. The molecule has 0 radical (unpaired) electrons. The van der Waals surface area contributed by atoms with Crippen LogP contribution in [0, 0.1) is 0 Å². The van der Waals surface area contributed by atoms with E-state index in [1.54, 1.807) is 0 Å². The number of hydrogen-bond donors (Lipinski definition) is 4. The van der Waals surface area contributed by atoms with Gasteiger partial charge in [-0.3, -0.25) is 4.57 Å². The van der Waals surface area contributed by atoms with Gasteiger partial charge in [-0.1, -0.05) is 12.1 Å². The van der Waals surface area contributed by atoms with E-state index in [9.17, 15) is 4.57 Å². The van der Waals surface area contributed by atoms with Crippen molar-refractivity contribution in [1.82, 2.24) is 0 Å². The van der Waals surface area contributed by atoms with Crippen LogP contribution in [0.15, 0.2) is 18.2 Å². The molecule has 0 aliphatic rings. The number of aromatic hydroxyl groups is 2. The maximum Gasteiger partial charge on any atom is 0.330 e. The van der Waals surface area contributed by atoms with E-state index >= 15 is 0 Å². The van der Waals surface area contributed by atoms with E-state index in [4.69, 9.17) is 20.0 Å². The van der Waals surface area contributed by atoms with E-state index in [1.807, 2.05) is 0 Å². The van der Waals surface area contributed by atoms with Crippen molar-refractivity contribution in [3.05, 3.63) is 23.8 Å². The van der Waals surface area contributed by atoms with Gasteiger partial charge in [-0.2, -0.15) is 0 Å². The van der Waals surface area contributed by atoms with Gasteiger partial charge in [0.05, 0.1) is 6.16 Å². The molecule has 1 rings (SSSR count). The fourth-order valence-corrected chi connectivity index (χ4v) is 1.63. The largest absolute Gasteiger partial charge is 0.504 e. The molecule has 0 aromatic heterocycles. The van der Waals surface area contributed by atoms with Crippen molar-refractivity contribution >= 4 is 7.60 Å². The molecule has 0 unspecified atom stereocenters. The highest BCUT2D eigenvalue weighted by atomic mass is 31.2. The average Bonchev–Trinajstić information content (AvgIpc) is 1.96. The highest BCUT2D eigenvalue weighted by molar-refractivity contribution is 7.50. The van der Waals surface area contributed by atoms with Crippen molar-refractivity contribution in [2.75, 3.05) is 0 Å². The molecule has 0 amide bonds. The zero-order chi connectivity index (χ0) is 10.1. The highest BCUT2D eigenvalue weighted by Crippen LogP contribution is 2.43. The van der Waals surface area contributed by atoms with E-state index in [0.29, 0.717) is 0 Å². The minimum Gasteiger partial charge on any atom is -0.504 e. The number of benzene rings is 1. The summed E-state index contributed by atoms with van der Waals surface area (Å²) in [6.45, 7) is 0. The van der Waals surface area contributed by atoms with Gasteiger partial charge < -0.3 is 20.0 Å². The van der Waals surface area contributed by atoms with Crippen molar-refractivity contribution in [3.8, 4) is 11.5 Å². The summed E-state index contributed by atoms with van der Waals surface area (Å²) in [7, 11) is -4.21. The molecular weight excluding hydrogens is 195 g/mol. The Bertz CT molecular complexity index is 356. The lowest BCUT2D eigenvalue weighted by Gasteiger charge is -2.06. The van der Waals surface area contributed by atoms with Gasteiger partial charge in [-0.15, -0.1) is 0 Å². The maximum absolute atomic E-state index is 10.6. The van der Waals surface area contributed by atoms with Gasteiger partial charge in [0.15, 0.2) is 11.5 Å². The third-order valence-corrected chi connectivity index (χ3v) is 2.23. The van der Waals surface area contributed by atoms with Crippen molar-refractivity contribution in [2.24, 2.45) is 0 Å². The molecule has 0 atom stereocenters. The lowest BCUT2D eigenvalue weighted by molar-refractivity contribution is 0.368. The van der Waals surface area contributed by atoms with E-state index < -0.39 is 19.5 Å². The van der Waals surface area contributed by atoms with Gasteiger partial charge in [0.1, 0.15) is 0 Å². The molecule has 1 aromatic carbocycles. The molecule has 4 N–H and O–H groups in total. The molecule has 0 heterocycles. The molecular formula is C7H9O5P. The van der Waals surface area contributed by atoms with Crippen LogP contribution in [0.3, 0.4) is 0 Å². The molecule has 13 heavy (non-hydrogen) atoms. The molecule has 6 heteroatoms. The summed E-state index contributed by atoms with van der Waals surface area (Å²) in [5.74, 6) is -0.864. The highest BCUT2D eigenvalue weighted by Gasteiger charge is 2.17. The molecule has 0 saturated carbocycles. The first-order valence-corrected chi connectivity index (χ1v) is 5.24. The summed E-state index contributed by atoms with van der Waals surface area (Å²) in [6, 6.07) is 3.98. The summed E-state index contributed by atoms with van der Waals surface area (Å²) in [5.41, 5.74) is 0.0355. The van der Waals surface area contributed by atoms with E-state index in [0.717, 1.165) is 0 Å². The van der Waals surface area contributed by atoms with E-state index in [-0.39, 0.29) is 11.3 Å². The van der Waals surface area contributed by atoms with E-state index in [1.165, 1.54) is 18.2 Å². The normalized spacial score (nSPS) is 11.5. The molecule has 1 aromatic rings. The SMILES string of the molecule is O=P(O)(O)Cc1cccc(O)c1O. The Kier molecular flexibility index (Phi) is 2.61. The second-order valence-corrected chi connectivity index (χ2v) is 4.25. The fraction of sp³-hybridized carbons (Fsp3) is 0.143. The molecule has 0 fully saturated rings. The fourth-order valence-electron chi connectivity index (χ4n) is 0.927. The van der Waals surface area contributed by atoms with Crippen LogP contribution >= 0.6 is 7.60 Å². The smallest absolute Gasteiger partial charge is 0.330 e. The zero-order valence-electron chi connectivity index (χ0n) is 6.58. The van der Waals surface area contributed by atoms with Gasteiger partial charge in [-0.05, 0) is 6.07 Å². The lowest BCUT2D eigenvalue weighted by atomic mass is 10.2. The van der Waals surface area contributed by atoms with Crippen LogP contribution in [0.2, 0.25) is 0 Å². The first-order chi connectivity index (χ1) is 5.90. The van der Waals surface area contributed by atoms with Crippen LogP contribution in [-0.2, 0) is 10.7 Å². The van der Waals surface area contributed by atoms with Crippen LogP contribution in [0.4, 0.5) is 0 Å². The van der Waals surface area contributed by atoms with Crippen LogP contribution in [0.5, 0.6) is 11.5 Å². The van der Waals surface area contributed by atoms with Gasteiger partial charge in [-0.25, -0.2) is 0 Å². The molecule has 0 aliphatic heterocycles. The summed E-state index contributed by atoms with van der Waals surface area (Å²) >= 11 is 0. The minimum atomic E-state index is -4.21. The molecule has 72 valence electrons. The van der Waals surface area contributed by atoms with E-state index in [2.05, 4.69) is 0 Å². The van der Waals surface area contributed by atoms with Crippen LogP contribution < -0.4 is 0 Å². The Labute approximate surface area is 74.4 Å². The topological polar surface area (TPSA) is 98.0 Å². The van der Waals surface area contributed by atoms with Crippen molar-refractivity contribution in [2.45, 2.75) is 6.16 Å².